The fourth-order valence-corrected chi connectivity index (χ4v) is 5.50. The Hall–Kier alpha value is -1.97. The Balaban J connectivity index is 1.40. The zero-order chi connectivity index (χ0) is 17.4. The van der Waals surface area contributed by atoms with E-state index in [2.05, 4.69) is 5.32 Å². The van der Waals surface area contributed by atoms with Crippen LogP contribution in [-0.2, 0) is 4.79 Å². The van der Waals surface area contributed by atoms with E-state index in [-0.39, 0.29) is 5.91 Å². The molecule has 0 spiro atoms. The molecule has 0 aliphatic heterocycles. The van der Waals surface area contributed by atoms with Crippen molar-refractivity contribution in [3.8, 4) is 11.5 Å². The molecule has 1 amide bonds. The number of rotatable bonds is 5. The van der Waals surface area contributed by atoms with Crippen LogP contribution in [-0.4, -0.2) is 26.2 Å². The van der Waals surface area contributed by atoms with Gasteiger partial charge >= 0.3 is 0 Å². The van der Waals surface area contributed by atoms with E-state index in [0.29, 0.717) is 29.4 Å². The maximum absolute atomic E-state index is 12.4. The largest absolute Gasteiger partial charge is 0.493 e. The Kier molecular flexibility index (Phi) is 4.45. The van der Waals surface area contributed by atoms with Gasteiger partial charge in [-0.2, -0.15) is 0 Å². The van der Waals surface area contributed by atoms with Gasteiger partial charge in [-0.25, -0.2) is 0 Å². The van der Waals surface area contributed by atoms with E-state index in [4.69, 9.17) is 9.47 Å². The summed E-state index contributed by atoms with van der Waals surface area (Å²) in [5.74, 6) is 4.65. The summed E-state index contributed by atoms with van der Waals surface area (Å²) in [6.45, 7) is 0. The Labute approximate surface area is 149 Å². The van der Waals surface area contributed by atoms with Gasteiger partial charge in [-0.1, -0.05) is 6.07 Å². The minimum atomic E-state index is 0.0206. The monoisotopic (exact) mass is 341 g/mol. The highest BCUT2D eigenvalue weighted by Gasteiger charge is 2.48. The molecule has 0 heterocycles. The number of benzene rings is 1. The van der Waals surface area contributed by atoms with Gasteiger partial charge in [-0.05, 0) is 79.5 Å². The topological polar surface area (TPSA) is 47.6 Å². The second-order valence-electron chi connectivity index (χ2n) is 7.91. The van der Waals surface area contributed by atoms with E-state index in [9.17, 15) is 4.79 Å². The van der Waals surface area contributed by atoms with Crippen LogP contribution in [0.3, 0.4) is 0 Å². The first kappa shape index (κ1) is 16.5. The summed E-state index contributed by atoms with van der Waals surface area (Å²) in [6, 6.07) is 6.05. The van der Waals surface area contributed by atoms with Crippen LogP contribution in [0.25, 0.3) is 6.08 Å². The van der Waals surface area contributed by atoms with E-state index in [1.807, 2.05) is 24.3 Å². The van der Waals surface area contributed by atoms with E-state index in [1.165, 1.54) is 32.1 Å². The van der Waals surface area contributed by atoms with Gasteiger partial charge in [0.05, 0.1) is 14.2 Å². The molecule has 5 rings (SSSR count). The summed E-state index contributed by atoms with van der Waals surface area (Å²) in [7, 11) is 3.23. The maximum atomic E-state index is 12.4. The molecule has 4 fully saturated rings. The number of carbonyl (C=O) groups is 1. The molecule has 4 heteroatoms. The molecule has 4 aliphatic carbocycles. The Morgan fingerprint density at radius 3 is 2.24 bits per heavy atom. The van der Waals surface area contributed by atoms with Gasteiger partial charge < -0.3 is 14.8 Å². The van der Waals surface area contributed by atoms with Crippen molar-refractivity contribution in [3.05, 3.63) is 29.8 Å². The van der Waals surface area contributed by atoms with E-state index >= 15 is 0 Å². The summed E-state index contributed by atoms with van der Waals surface area (Å²) in [5, 5.41) is 3.30. The van der Waals surface area contributed by atoms with Crippen molar-refractivity contribution >= 4 is 12.0 Å². The molecule has 4 bridgehead atoms. The van der Waals surface area contributed by atoms with Gasteiger partial charge in [0.25, 0.3) is 0 Å². The van der Waals surface area contributed by atoms with Crippen molar-refractivity contribution in [3.63, 3.8) is 0 Å². The van der Waals surface area contributed by atoms with Crippen molar-refractivity contribution in [1.29, 1.82) is 0 Å². The van der Waals surface area contributed by atoms with Gasteiger partial charge in [0.1, 0.15) is 0 Å². The molecular formula is C21H27NO3. The number of carbonyl (C=O) groups excluding carboxylic acids is 1. The lowest BCUT2D eigenvalue weighted by atomic mass is 9.54. The van der Waals surface area contributed by atoms with Crippen LogP contribution in [0.15, 0.2) is 24.3 Å². The predicted molar refractivity (Wildman–Crippen MR) is 97.6 cm³/mol. The number of nitrogens with one attached hydrogen (secondary N) is 1. The highest BCUT2D eigenvalue weighted by atomic mass is 16.5. The molecule has 0 radical (unpaired) electrons. The van der Waals surface area contributed by atoms with Gasteiger partial charge in [0, 0.05) is 12.1 Å². The highest BCUT2D eigenvalue weighted by molar-refractivity contribution is 5.92. The lowest BCUT2D eigenvalue weighted by molar-refractivity contribution is -0.120. The third kappa shape index (κ3) is 3.26. The smallest absolute Gasteiger partial charge is 0.244 e. The average Bonchev–Trinajstić information content (AvgIpc) is 2.62. The van der Waals surface area contributed by atoms with Crippen LogP contribution in [0.2, 0.25) is 0 Å². The van der Waals surface area contributed by atoms with Crippen LogP contribution in [0.5, 0.6) is 11.5 Å². The minimum Gasteiger partial charge on any atom is -0.493 e. The molecule has 0 aromatic heterocycles. The summed E-state index contributed by atoms with van der Waals surface area (Å²) in [6.07, 6.45) is 10.2. The maximum Gasteiger partial charge on any atom is 0.244 e. The number of hydrogen-bond acceptors (Lipinski definition) is 3. The lowest BCUT2D eigenvalue weighted by Gasteiger charge is -2.54. The molecule has 1 N–H and O–H groups in total. The fourth-order valence-electron chi connectivity index (χ4n) is 5.50. The molecular weight excluding hydrogens is 314 g/mol. The third-order valence-corrected chi connectivity index (χ3v) is 6.37. The molecule has 4 saturated carbocycles. The van der Waals surface area contributed by atoms with Crippen molar-refractivity contribution in [2.24, 2.45) is 23.7 Å². The average molecular weight is 341 g/mol. The Morgan fingerprint density at radius 1 is 1.00 bits per heavy atom. The van der Waals surface area contributed by atoms with E-state index in [0.717, 1.165) is 17.4 Å². The van der Waals surface area contributed by atoms with Crippen LogP contribution in [0.1, 0.15) is 37.7 Å². The molecule has 1 aromatic carbocycles. The van der Waals surface area contributed by atoms with Gasteiger partial charge in [-0.15, -0.1) is 0 Å². The predicted octanol–water partition coefficient (Wildman–Crippen LogP) is 3.66. The summed E-state index contributed by atoms with van der Waals surface area (Å²) in [4.78, 5) is 12.4. The number of methoxy groups -OCH3 is 2. The van der Waals surface area contributed by atoms with Crippen LogP contribution in [0, 0.1) is 23.7 Å². The van der Waals surface area contributed by atoms with Crippen molar-refractivity contribution < 1.29 is 14.3 Å². The Bertz CT molecular complexity index is 654. The van der Waals surface area contributed by atoms with Crippen LogP contribution >= 0.6 is 0 Å². The van der Waals surface area contributed by atoms with Crippen molar-refractivity contribution in [2.45, 2.75) is 38.1 Å². The SMILES string of the molecule is COc1ccc(/C=C/C(=O)NC2C3CC4CC(C3)CC2C4)cc1OC. The molecule has 4 aliphatic rings. The number of hydrogen-bond donors (Lipinski definition) is 1. The van der Waals surface area contributed by atoms with Crippen molar-refractivity contribution in [2.75, 3.05) is 14.2 Å². The first-order chi connectivity index (χ1) is 12.2. The number of ether oxygens (including phenoxy) is 2. The van der Waals surface area contributed by atoms with Crippen molar-refractivity contribution in [1.82, 2.24) is 5.32 Å². The molecule has 134 valence electrons. The van der Waals surface area contributed by atoms with Gasteiger partial charge in [-0.3, -0.25) is 4.79 Å². The first-order valence-electron chi connectivity index (χ1n) is 9.37. The second-order valence-corrected chi connectivity index (χ2v) is 7.91. The van der Waals surface area contributed by atoms with E-state index < -0.39 is 0 Å². The van der Waals surface area contributed by atoms with Crippen LogP contribution < -0.4 is 14.8 Å². The molecule has 0 saturated heterocycles. The van der Waals surface area contributed by atoms with E-state index in [1.54, 1.807) is 20.3 Å². The molecule has 1 aromatic rings. The molecule has 0 atom stereocenters. The normalized spacial score (nSPS) is 32.8. The van der Waals surface area contributed by atoms with Gasteiger partial charge in [0.2, 0.25) is 5.91 Å². The fraction of sp³-hybridized carbons (Fsp3) is 0.571. The highest BCUT2D eigenvalue weighted by Crippen LogP contribution is 2.53. The summed E-state index contributed by atoms with van der Waals surface area (Å²) < 4.78 is 10.6. The number of amides is 1. The standard InChI is InChI=1S/C21H27NO3/c1-24-18-5-3-13(12-19(18)25-2)4-6-20(23)22-21-16-8-14-7-15(10-16)11-17(21)9-14/h3-6,12,14-17,21H,7-11H2,1-2H3,(H,22,23)/b6-4+. The zero-order valence-corrected chi connectivity index (χ0v) is 15.0. The first-order valence-corrected chi connectivity index (χ1v) is 9.37. The summed E-state index contributed by atoms with van der Waals surface area (Å²) >= 11 is 0. The minimum absolute atomic E-state index is 0.0206. The molecule has 0 unspecified atom stereocenters. The second kappa shape index (κ2) is 6.74. The lowest BCUT2D eigenvalue weighted by Crippen LogP contribution is -2.55. The molecule has 25 heavy (non-hydrogen) atoms. The van der Waals surface area contributed by atoms with Crippen LogP contribution in [0.4, 0.5) is 0 Å². The summed E-state index contributed by atoms with van der Waals surface area (Å²) in [5.41, 5.74) is 0.929. The van der Waals surface area contributed by atoms with Gasteiger partial charge in [0.15, 0.2) is 11.5 Å². The Morgan fingerprint density at radius 2 is 1.64 bits per heavy atom. The third-order valence-electron chi connectivity index (χ3n) is 6.37. The quantitative estimate of drug-likeness (QED) is 0.832. The molecule has 4 nitrogen and oxygen atoms in total. The zero-order valence-electron chi connectivity index (χ0n) is 15.0.